The van der Waals surface area contributed by atoms with Crippen molar-refractivity contribution in [3.05, 3.63) is 48.9 Å². The number of hydrogen-bond acceptors (Lipinski definition) is 3. The highest BCUT2D eigenvalue weighted by molar-refractivity contribution is 6.02. The maximum atomic E-state index is 12.6. The van der Waals surface area contributed by atoms with E-state index in [1.165, 1.54) is 0 Å². The van der Waals surface area contributed by atoms with Crippen molar-refractivity contribution >= 4 is 17.4 Å². The fourth-order valence-corrected chi connectivity index (χ4v) is 1.67. The summed E-state index contributed by atoms with van der Waals surface area (Å²) in [5.41, 5.74) is 0.302. The summed E-state index contributed by atoms with van der Waals surface area (Å²) in [6.07, 6.45) is 4.77. The van der Waals surface area contributed by atoms with Crippen LogP contribution in [0, 0.1) is 5.41 Å². The minimum Gasteiger partial charge on any atom is -0.273 e. The number of carbonyl (C=O) groups is 1. The number of benzene rings is 1. The van der Waals surface area contributed by atoms with E-state index in [-0.39, 0.29) is 5.91 Å². The Bertz CT molecular complexity index is 507. The number of rotatable bonds is 2. The Morgan fingerprint density at radius 1 is 1.11 bits per heavy atom. The fraction of sp³-hybridized carbons (Fsp3) is 0.267. The predicted octanol–water partition coefficient (Wildman–Crippen LogP) is 3.19. The standard InChI is InChI=1S/C15H17N3O/c1-15(2,3)14(19)18(12-7-5-4-6-8-12)13-11-16-9-10-17-13/h4-11H,1-3H3. The number of aromatic nitrogens is 2. The molecule has 4 heteroatoms. The van der Waals surface area contributed by atoms with E-state index in [1.54, 1.807) is 23.5 Å². The molecule has 0 aliphatic heterocycles. The Morgan fingerprint density at radius 2 is 1.79 bits per heavy atom. The Hall–Kier alpha value is -2.23. The first-order chi connectivity index (χ1) is 9.00. The second-order valence-electron chi connectivity index (χ2n) is 5.29. The summed E-state index contributed by atoms with van der Waals surface area (Å²) in [6.45, 7) is 5.67. The molecule has 1 amide bonds. The number of hydrogen-bond donors (Lipinski definition) is 0. The van der Waals surface area contributed by atoms with Gasteiger partial charge in [0.15, 0.2) is 5.82 Å². The summed E-state index contributed by atoms with van der Waals surface area (Å²) < 4.78 is 0. The molecule has 98 valence electrons. The number of amides is 1. The maximum absolute atomic E-state index is 12.6. The highest BCUT2D eigenvalue weighted by Gasteiger charge is 2.30. The van der Waals surface area contributed by atoms with Crippen LogP contribution in [0.3, 0.4) is 0 Å². The lowest BCUT2D eigenvalue weighted by Gasteiger charge is -2.28. The third-order valence-electron chi connectivity index (χ3n) is 2.64. The number of carbonyl (C=O) groups excluding carboxylic acids is 1. The van der Waals surface area contributed by atoms with Crippen LogP contribution in [0.5, 0.6) is 0 Å². The Kier molecular flexibility index (Phi) is 3.60. The topological polar surface area (TPSA) is 46.1 Å². The van der Waals surface area contributed by atoms with Crippen LogP contribution in [0.4, 0.5) is 11.5 Å². The highest BCUT2D eigenvalue weighted by atomic mass is 16.2. The second-order valence-corrected chi connectivity index (χ2v) is 5.29. The van der Waals surface area contributed by atoms with E-state index in [0.29, 0.717) is 5.82 Å². The van der Waals surface area contributed by atoms with Gasteiger partial charge in [-0.25, -0.2) is 4.98 Å². The molecule has 0 radical (unpaired) electrons. The lowest BCUT2D eigenvalue weighted by Crippen LogP contribution is -2.36. The van der Waals surface area contributed by atoms with Crippen molar-refractivity contribution in [3.63, 3.8) is 0 Å². The van der Waals surface area contributed by atoms with Gasteiger partial charge in [0.25, 0.3) is 0 Å². The van der Waals surface area contributed by atoms with Crippen LogP contribution >= 0.6 is 0 Å². The summed E-state index contributed by atoms with van der Waals surface area (Å²) in [4.78, 5) is 22.5. The molecule has 0 spiro atoms. The van der Waals surface area contributed by atoms with Crippen molar-refractivity contribution in [2.75, 3.05) is 4.90 Å². The van der Waals surface area contributed by atoms with Crippen LogP contribution in [0.1, 0.15) is 20.8 Å². The Labute approximate surface area is 113 Å². The molecule has 1 aromatic carbocycles. The van der Waals surface area contributed by atoms with Crippen molar-refractivity contribution in [3.8, 4) is 0 Å². The fourth-order valence-electron chi connectivity index (χ4n) is 1.67. The summed E-state index contributed by atoms with van der Waals surface area (Å²) >= 11 is 0. The van der Waals surface area contributed by atoms with Gasteiger partial charge < -0.3 is 0 Å². The second kappa shape index (κ2) is 5.18. The van der Waals surface area contributed by atoms with E-state index >= 15 is 0 Å². The molecule has 4 nitrogen and oxygen atoms in total. The van der Waals surface area contributed by atoms with Crippen LogP contribution in [-0.2, 0) is 4.79 Å². The lowest BCUT2D eigenvalue weighted by molar-refractivity contribution is -0.125. The Morgan fingerprint density at radius 3 is 2.32 bits per heavy atom. The minimum atomic E-state index is -0.493. The molecule has 1 aromatic heterocycles. The first-order valence-electron chi connectivity index (χ1n) is 6.16. The smallest absolute Gasteiger partial charge is 0.238 e. The van der Waals surface area contributed by atoms with E-state index in [9.17, 15) is 4.79 Å². The quantitative estimate of drug-likeness (QED) is 0.828. The van der Waals surface area contributed by atoms with Gasteiger partial charge in [0.05, 0.1) is 11.9 Å². The third-order valence-corrected chi connectivity index (χ3v) is 2.64. The first-order valence-corrected chi connectivity index (χ1v) is 6.16. The summed E-state index contributed by atoms with van der Waals surface area (Å²) in [5.74, 6) is 0.521. The zero-order valence-electron chi connectivity index (χ0n) is 11.4. The first kappa shape index (κ1) is 13.2. The van der Waals surface area contributed by atoms with Crippen LogP contribution in [-0.4, -0.2) is 15.9 Å². The van der Waals surface area contributed by atoms with Gasteiger partial charge >= 0.3 is 0 Å². The molecule has 0 saturated heterocycles. The number of anilines is 2. The molecule has 0 N–H and O–H groups in total. The van der Waals surface area contributed by atoms with E-state index in [2.05, 4.69) is 9.97 Å². The van der Waals surface area contributed by atoms with Gasteiger partial charge in [0.1, 0.15) is 0 Å². The summed E-state index contributed by atoms with van der Waals surface area (Å²) in [7, 11) is 0. The number of nitrogens with zero attached hydrogens (tertiary/aromatic N) is 3. The van der Waals surface area contributed by atoms with Crippen LogP contribution in [0.15, 0.2) is 48.9 Å². The van der Waals surface area contributed by atoms with Crippen LogP contribution in [0.2, 0.25) is 0 Å². The molecule has 2 aromatic rings. The summed E-state index contributed by atoms with van der Waals surface area (Å²) in [5, 5.41) is 0. The van der Waals surface area contributed by atoms with Gasteiger partial charge in [-0.3, -0.25) is 14.7 Å². The van der Waals surface area contributed by atoms with Crippen molar-refractivity contribution in [1.82, 2.24) is 9.97 Å². The van der Waals surface area contributed by atoms with Gasteiger partial charge in [0, 0.05) is 17.8 Å². The van der Waals surface area contributed by atoms with E-state index in [1.807, 2.05) is 51.1 Å². The molecule has 0 saturated carbocycles. The summed E-state index contributed by atoms with van der Waals surface area (Å²) in [6, 6.07) is 9.49. The van der Waals surface area contributed by atoms with Crippen molar-refractivity contribution < 1.29 is 4.79 Å². The highest BCUT2D eigenvalue weighted by Crippen LogP contribution is 2.28. The molecule has 0 bridgehead atoms. The average molecular weight is 255 g/mol. The van der Waals surface area contributed by atoms with Crippen LogP contribution in [0.25, 0.3) is 0 Å². The molecule has 0 aliphatic carbocycles. The van der Waals surface area contributed by atoms with Gasteiger partial charge in [-0.05, 0) is 12.1 Å². The Balaban J connectivity index is 2.49. The van der Waals surface area contributed by atoms with Crippen molar-refractivity contribution in [2.24, 2.45) is 5.41 Å². The molecule has 0 unspecified atom stereocenters. The van der Waals surface area contributed by atoms with E-state index < -0.39 is 5.41 Å². The number of para-hydroxylation sites is 1. The molecule has 19 heavy (non-hydrogen) atoms. The molecule has 0 atom stereocenters. The molecular weight excluding hydrogens is 238 g/mol. The minimum absolute atomic E-state index is 0.0146. The van der Waals surface area contributed by atoms with Gasteiger partial charge in [-0.2, -0.15) is 0 Å². The lowest BCUT2D eigenvalue weighted by atomic mass is 9.94. The maximum Gasteiger partial charge on any atom is 0.238 e. The normalized spacial score (nSPS) is 11.1. The van der Waals surface area contributed by atoms with Gasteiger partial charge in [0.2, 0.25) is 5.91 Å². The molecule has 0 fully saturated rings. The molecule has 2 rings (SSSR count). The van der Waals surface area contributed by atoms with Crippen LogP contribution < -0.4 is 4.90 Å². The molecular formula is C15H17N3O. The van der Waals surface area contributed by atoms with Gasteiger partial charge in [-0.15, -0.1) is 0 Å². The van der Waals surface area contributed by atoms with Crippen molar-refractivity contribution in [1.29, 1.82) is 0 Å². The zero-order chi connectivity index (χ0) is 13.9. The van der Waals surface area contributed by atoms with E-state index in [0.717, 1.165) is 5.69 Å². The van der Waals surface area contributed by atoms with Gasteiger partial charge in [-0.1, -0.05) is 39.0 Å². The zero-order valence-corrected chi connectivity index (χ0v) is 11.4. The monoisotopic (exact) mass is 255 g/mol. The van der Waals surface area contributed by atoms with Crippen molar-refractivity contribution in [2.45, 2.75) is 20.8 Å². The SMILES string of the molecule is CC(C)(C)C(=O)N(c1ccccc1)c1cnccn1. The van der Waals surface area contributed by atoms with E-state index in [4.69, 9.17) is 0 Å². The largest absolute Gasteiger partial charge is 0.273 e. The molecule has 1 heterocycles. The third kappa shape index (κ3) is 2.96. The predicted molar refractivity (Wildman–Crippen MR) is 75.1 cm³/mol. The average Bonchev–Trinajstić information content (AvgIpc) is 2.40. The molecule has 0 aliphatic rings.